The number of rotatable bonds is 5. The van der Waals surface area contributed by atoms with E-state index in [2.05, 4.69) is 25.1 Å². The molecule has 2 aliphatic rings. The average molecular weight is 449 g/mol. The number of amides is 1. The number of benzene rings is 1. The Morgan fingerprint density at radius 3 is 2.55 bits per heavy atom. The number of piperazine rings is 1. The van der Waals surface area contributed by atoms with Gasteiger partial charge in [-0.15, -0.1) is 0 Å². The summed E-state index contributed by atoms with van der Waals surface area (Å²) in [4.78, 5) is 48.8. The minimum absolute atomic E-state index is 0.0387. The van der Waals surface area contributed by atoms with Crippen LogP contribution < -0.4 is 21.5 Å². The lowest BCUT2D eigenvalue weighted by Crippen LogP contribution is -2.46. The van der Waals surface area contributed by atoms with Gasteiger partial charge in [0.1, 0.15) is 5.69 Å². The average Bonchev–Trinajstić information content (AvgIpc) is 2.80. The van der Waals surface area contributed by atoms with E-state index in [9.17, 15) is 14.4 Å². The SMILES string of the molecule is CNC(=O)c1ccc(N2CCN(Cc3ccc4c(=O)n(C5CCC5)c(=O)[nH]c4c3)CC2)cn1. The first-order valence-corrected chi connectivity index (χ1v) is 11.5. The zero-order chi connectivity index (χ0) is 22.9. The molecule has 1 aliphatic heterocycles. The zero-order valence-corrected chi connectivity index (χ0v) is 18.7. The maximum absolute atomic E-state index is 12.8. The first-order chi connectivity index (χ1) is 16.0. The number of H-pyrrole nitrogens is 1. The topological polar surface area (TPSA) is 103 Å². The van der Waals surface area contributed by atoms with E-state index in [1.165, 1.54) is 4.57 Å². The summed E-state index contributed by atoms with van der Waals surface area (Å²) in [5.41, 5.74) is 2.61. The van der Waals surface area contributed by atoms with Crippen molar-refractivity contribution < 1.29 is 4.79 Å². The lowest BCUT2D eigenvalue weighted by Gasteiger charge is -2.36. The largest absolute Gasteiger partial charge is 0.368 e. The summed E-state index contributed by atoms with van der Waals surface area (Å²) in [6.45, 7) is 4.24. The second-order valence-electron chi connectivity index (χ2n) is 8.81. The van der Waals surface area contributed by atoms with E-state index < -0.39 is 0 Å². The summed E-state index contributed by atoms with van der Waals surface area (Å²) in [5, 5.41) is 3.15. The molecule has 0 radical (unpaired) electrons. The van der Waals surface area contributed by atoms with Gasteiger partial charge < -0.3 is 15.2 Å². The van der Waals surface area contributed by atoms with Crippen molar-refractivity contribution in [1.29, 1.82) is 0 Å². The molecule has 172 valence electrons. The van der Waals surface area contributed by atoms with Gasteiger partial charge in [0, 0.05) is 45.8 Å². The number of aromatic nitrogens is 3. The van der Waals surface area contributed by atoms with Gasteiger partial charge in [-0.3, -0.25) is 19.1 Å². The highest BCUT2D eigenvalue weighted by Crippen LogP contribution is 2.29. The number of carbonyl (C=O) groups excluding carboxylic acids is 1. The van der Waals surface area contributed by atoms with Gasteiger partial charge in [-0.2, -0.15) is 0 Å². The zero-order valence-electron chi connectivity index (χ0n) is 18.7. The van der Waals surface area contributed by atoms with Crippen molar-refractivity contribution >= 4 is 22.5 Å². The van der Waals surface area contributed by atoms with Crippen LogP contribution in [0.2, 0.25) is 0 Å². The van der Waals surface area contributed by atoms with Crippen molar-refractivity contribution in [3.8, 4) is 0 Å². The Balaban J connectivity index is 1.25. The Bertz CT molecular complexity index is 1280. The van der Waals surface area contributed by atoms with Crippen LogP contribution in [-0.4, -0.2) is 58.6 Å². The number of hydrogen-bond donors (Lipinski definition) is 2. The third-order valence-corrected chi connectivity index (χ3v) is 6.78. The highest BCUT2D eigenvalue weighted by molar-refractivity contribution is 5.92. The third-order valence-electron chi connectivity index (χ3n) is 6.78. The van der Waals surface area contributed by atoms with Gasteiger partial charge in [0.15, 0.2) is 0 Å². The number of carbonyl (C=O) groups is 1. The Labute approximate surface area is 191 Å². The van der Waals surface area contributed by atoms with Gasteiger partial charge in [-0.25, -0.2) is 9.78 Å². The summed E-state index contributed by atoms with van der Waals surface area (Å²) in [6.07, 6.45) is 4.61. The lowest BCUT2D eigenvalue weighted by atomic mass is 9.93. The van der Waals surface area contributed by atoms with Crippen LogP contribution in [0.1, 0.15) is 41.4 Å². The van der Waals surface area contributed by atoms with Crippen LogP contribution >= 0.6 is 0 Å². The summed E-state index contributed by atoms with van der Waals surface area (Å²) in [6, 6.07) is 9.47. The standard InChI is InChI=1S/C24H28N6O3/c1-25-22(31)20-8-6-18(14-26-20)29-11-9-28(10-12-29)15-16-5-7-19-21(13-16)27-24(33)30(23(19)32)17-3-2-4-17/h5-8,13-14,17H,2-4,9-12,15H2,1H3,(H,25,31)(H,27,33). The van der Waals surface area contributed by atoms with E-state index >= 15 is 0 Å². The molecule has 0 spiro atoms. The number of anilines is 1. The van der Waals surface area contributed by atoms with Crippen LogP contribution in [0.5, 0.6) is 0 Å². The van der Waals surface area contributed by atoms with Crippen molar-refractivity contribution in [2.75, 3.05) is 38.1 Å². The molecular weight excluding hydrogens is 420 g/mol. The van der Waals surface area contributed by atoms with E-state index in [-0.39, 0.29) is 23.2 Å². The fourth-order valence-corrected chi connectivity index (χ4v) is 4.61. The normalized spacial score (nSPS) is 17.2. The Morgan fingerprint density at radius 2 is 1.91 bits per heavy atom. The molecule has 9 heteroatoms. The number of aromatic amines is 1. The van der Waals surface area contributed by atoms with Crippen molar-refractivity contribution in [3.63, 3.8) is 0 Å². The molecule has 33 heavy (non-hydrogen) atoms. The minimum Gasteiger partial charge on any atom is -0.368 e. The number of fused-ring (bicyclic) bond motifs is 1. The molecule has 0 bridgehead atoms. The van der Waals surface area contributed by atoms with Crippen molar-refractivity contribution in [3.05, 3.63) is 68.6 Å². The maximum Gasteiger partial charge on any atom is 0.329 e. The second kappa shape index (κ2) is 8.82. The van der Waals surface area contributed by atoms with Crippen LogP contribution in [0.3, 0.4) is 0 Å². The summed E-state index contributed by atoms with van der Waals surface area (Å²) < 4.78 is 1.39. The van der Waals surface area contributed by atoms with E-state index in [1.807, 2.05) is 24.3 Å². The van der Waals surface area contributed by atoms with Crippen LogP contribution in [0.15, 0.2) is 46.1 Å². The van der Waals surface area contributed by atoms with Gasteiger partial charge in [-0.05, 0) is 49.1 Å². The van der Waals surface area contributed by atoms with E-state index in [4.69, 9.17) is 0 Å². The molecule has 0 unspecified atom stereocenters. The Morgan fingerprint density at radius 1 is 1.12 bits per heavy atom. The summed E-state index contributed by atoms with van der Waals surface area (Å²) in [5.74, 6) is -0.190. The fourth-order valence-electron chi connectivity index (χ4n) is 4.61. The Kier molecular flexibility index (Phi) is 5.72. The molecule has 1 saturated heterocycles. The van der Waals surface area contributed by atoms with Crippen LogP contribution in [0, 0.1) is 0 Å². The molecule has 1 amide bonds. The van der Waals surface area contributed by atoms with Gasteiger partial charge in [-0.1, -0.05) is 6.07 Å². The molecule has 1 aliphatic carbocycles. The number of nitrogens with one attached hydrogen (secondary N) is 2. The van der Waals surface area contributed by atoms with Crippen molar-refractivity contribution in [1.82, 2.24) is 24.8 Å². The maximum atomic E-state index is 12.8. The monoisotopic (exact) mass is 448 g/mol. The Hall–Kier alpha value is -3.46. The molecule has 0 atom stereocenters. The molecule has 5 rings (SSSR count). The molecule has 2 fully saturated rings. The fraction of sp³-hybridized carbons (Fsp3) is 0.417. The lowest BCUT2D eigenvalue weighted by molar-refractivity contribution is 0.0958. The predicted octanol–water partition coefficient (Wildman–Crippen LogP) is 1.49. The van der Waals surface area contributed by atoms with E-state index in [0.29, 0.717) is 16.6 Å². The second-order valence-corrected chi connectivity index (χ2v) is 8.81. The molecule has 2 N–H and O–H groups in total. The molecular formula is C24H28N6O3. The van der Waals surface area contributed by atoms with Crippen LogP contribution in [0.25, 0.3) is 10.9 Å². The quantitative estimate of drug-likeness (QED) is 0.613. The van der Waals surface area contributed by atoms with E-state index in [1.54, 1.807) is 19.3 Å². The van der Waals surface area contributed by atoms with E-state index in [0.717, 1.165) is 63.2 Å². The van der Waals surface area contributed by atoms with Crippen LogP contribution in [-0.2, 0) is 6.54 Å². The first kappa shape index (κ1) is 21.4. The van der Waals surface area contributed by atoms with Gasteiger partial charge >= 0.3 is 5.69 Å². The molecule has 3 aromatic rings. The molecule has 9 nitrogen and oxygen atoms in total. The van der Waals surface area contributed by atoms with Crippen molar-refractivity contribution in [2.24, 2.45) is 0 Å². The predicted molar refractivity (Wildman–Crippen MR) is 127 cm³/mol. The third kappa shape index (κ3) is 4.16. The minimum atomic E-state index is -0.306. The first-order valence-electron chi connectivity index (χ1n) is 11.5. The van der Waals surface area contributed by atoms with Gasteiger partial charge in [0.2, 0.25) is 0 Å². The molecule has 1 aromatic carbocycles. The highest BCUT2D eigenvalue weighted by Gasteiger charge is 2.24. The number of hydrogen-bond acceptors (Lipinski definition) is 6. The van der Waals surface area contributed by atoms with Gasteiger partial charge in [0.05, 0.1) is 22.8 Å². The summed E-state index contributed by atoms with van der Waals surface area (Å²) in [7, 11) is 1.59. The molecule has 1 saturated carbocycles. The highest BCUT2D eigenvalue weighted by atomic mass is 16.2. The van der Waals surface area contributed by atoms with Crippen LogP contribution in [0.4, 0.5) is 5.69 Å². The van der Waals surface area contributed by atoms with Crippen molar-refractivity contribution in [2.45, 2.75) is 31.8 Å². The summed E-state index contributed by atoms with van der Waals surface area (Å²) >= 11 is 0. The number of nitrogens with zero attached hydrogens (tertiary/aromatic N) is 4. The van der Waals surface area contributed by atoms with Gasteiger partial charge in [0.25, 0.3) is 11.5 Å². The number of pyridine rings is 1. The molecule has 3 heterocycles. The molecule has 2 aromatic heterocycles. The smallest absolute Gasteiger partial charge is 0.329 e.